The average molecular weight is 410 g/mol. The number of hydrogen-bond acceptors (Lipinski definition) is 8. The minimum absolute atomic E-state index is 0.238. The molecule has 1 aliphatic carbocycles. The van der Waals surface area contributed by atoms with Gasteiger partial charge in [-0.1, -0.05) is 0 Å². The molecule has 11 heteroatoms. The van der Waals surface area contributed by atoms with Gasteiger partial charge in [-0.3, -0.25) is 4.98 Å². The van der Waals surface area contributed by atoms with Gasteiger partial charge in [0, 0.05) is 10.1 Å². The van der Waals surface area contributed by atoms with E-state index in [4.69, 9.17) is 0 Å². The Hall–Kier alpha value is -3.47. The number of nitrogens with zero attached hydrogens (tertiary/aromatic N) is 5. The molecule has 5 rings (SSSR count). The van der Waals surface area contributed by atoms with Gasteiger partial charge in [-0.25, -0.2) is 9.79 Å². The summed E-state index contributed by atoms with van der Waals surface area (Å²) in [5.41, 5.74) is 2.01. The first-order valence-corrected chi connectivity index (χ1v) is 10.0. The number of aromatic hydroxyl groups is 1. The number of fused-ring (bicyclic) bond motifs is 1. The molecule has 0 unspecified atom stereocenters. The molecule has 0 spiro atoms. The second-order valence-electron chi connectivity index (χ2n) is 6.97. The Labute approximate surface area is 167 Å². The zero-order chi connectivity index (χ0) is 20.0. The zero-order valence-corrected chi connectivity index (χ0v) is 16.3. The minimum Gasteiger partial charge on any atom is -0.493 e. The molecule has 0 aliphatic heterocycles. The molecule has 4 heterocycles. The predicted octanol–water partition coefficient (Wildman–Crippen LogP) is 0.439. The quantitative estimate of drug-likeness (QED) is 0.377. The van der Waals surface area contributed by atoms with Crippen LogP contribution in [0.25, 0.3) is 11.7 Å². The molecule has 1 aliphatic rings. The van der Waals surface area contributed by atoms with Crippen LogP contribution in [0.3, 0.4) is 0 Å². The van der Waals surface area contributed by atoms with Crippen molar-refractivity contribution < 1.29 is 5.11 Å². The van der Waals surface area contributed by atoms with E-state index in [-0.39, 0.29) is 17.6 Å². The summed E-state index contributed by atoms with van der Waals surface area (Å²) in [4.78, 5) is 31.2. The van der Waals surface area contributed by atoms with Gasteiger partial charge >= 0.3 is 5.69 Å². The van der Waals surface area contributed by atoms with Crippen molar-refractivity contribution in [1.82, 2.24) is 29.5 Å². The molecule has 0 radical (unpaired) electrons. The Bertz CT molecular complexity index is 1370. The van der Waals surface area contributed by atoms with Crippen molar-refractivity contribution in [2.75, 3.05) is 5.32 Å². The Balaban J connectivity index is 1.60. The third-order valence-corrected chi connectivity index (χ3v) is 5.52. The third kappa shape index (κ3) is 3.63. The molecule has 0 amide bonds. The fourth-order valence-corrected chi connectivity index (χ4v) is 3.72. The van der Waals surface area contributed by atoms with E-state index in [1.165, 1.54) is 10.4 Å². The third-order valence-electron chi connectivity index (χ3n) is 4.46. The van der Waals surface area contributed by atoms with Gasteiger partial charge in [0.25, 0.3) is 5.62 Å². The van der Waals surface area contributed by atoms with Crippen molar-refractivity contribution in [3.63, 3.8) is 0 Å². The summed E-state index contributed by atoms with van der Waals surface area (Å²) in [7, 11) is 0. The van der Waals surface area contributed by atoms with Crippen LogP contribution in [-0.4, -0.2) is 40.7 Å². The fraction of sp³-hybridized carbons (Fsp3) is 0.278. The van der Waals surface area contributed by atoms with Crippen LogP contribution >= 0.6 is 11.3 Å². The lowest BCUT2D eigenvalue weighted by Gasteiger charge is -2.04. The standard InChI is InChI=1S/C18H18N8O2S/c1-9-4-12(29-8-9)7-19-16-23-14-10(5-13-15(27)24-18(28)22-13)6-20-26(14)17(25-16)21-11-2-3-11/h4-6,8,11,27H,2-3,7H2,1H3,(H,19,21,25)(H2,22,24,28)/b10-5+. The maximum Gasteiger partial charge on any atom is 0.326 e. The molecular weight excluding hydrogens is 392 g/mol. The molecule has 4 N–H and O–H groups in total. The summed E-state index contributed by atoms with van der Waals surface area (Å²) < 4.78 is 1.58. The minimum atomic E-state index is -0.488. The smallest absolute Gasteiger partial charge is 0.326 e. The van der Waals surface area contributed by atoms with Gasteiger partial charge < -0.3 is 15.4 Å². The van der Waals surface area contributed by atoms with Crippen LogP contribution in [0.1, 0.15) is 29.0 Å². The van der Waals surface area contributed by atoms with Gasteiger partial charge in [-0.2, -0.15) is 19.6 Å². The van der Waals surface area contributed by atoms with Gasteiger partial charge in [0.05, 0.1) is 18.8 Å². The first kappa shape index (κ1) is 17.6. The Kier molecular flexibility index (Phi) is 4.16. The van der Waals surface area contributed by atoms with Gasteiger partial charge in [-0.15, -0.1) is 11.3 Å². The fourth-order valence-electron chi connectivity index (χ4n) is 2.91. The molecule has 0 aromatic carbocycles. The van der Waals surface area contributed by atoms with Crippen molar-refractivity contribution in [2.45, 2.75) is 32.4 Å². The maximum absolute atomic E-state index is 11.4. The molecule has 10 nitrogen and oxygen atoms in total. The molecule has 0 saturated heterocycles. The number of anilines is 1. The zero-order valence-electron chi connectivity index (χ0n) is 15.5. The van der Waals surface area contributed by atoms with E-state index in [0.29, 0.717) is 29.0 Å². The number of aryl methyl sites for hydroxylation is 1. The van der Waals surface area contributed by atoms with Gasteiger partial charge in [0.1, 0.15) is 5.69 Å². The van der Waals surface area contributed by atoms with Crippen LogP contribution in [0.5, 0.6) is 5.88 Å². The summed E-state index contributed by atoms with van der Waals surface area (Å²) in [5.74, 6) is 0.211. The van der Waals surface area contributed by atoms with E-state index in [1.54, 1.807) is 28.1 Å². The van der Waals surface area contributed by atoms with Crippen molar-refractivity contribution in [2.24, 2.45) is 4.99 Å². The molecule has 0 bridgehead atoms. The van der Waals surface area contributed by atoms with Crippen LogP contribution in [0.4, 0.5) is 5.95 Å². The molecule has 1 fully saturated rings. The molecule has 4 aromatic heterocycles. The van der Waals surface area contributed by atoms with Crippen LogP contribution in [0.2, 0.25) is 0 Å². The Morgan fingerprint density at radius 2 is 2.28 bits per heavy atom. The number of thiophene rings is 1. The summed E-state index contributed by atoms with van der Waals surface area (Å²) in [6, 6.07) is 2.39. The second kappa shape index (κ2) is 6.85. The number of imidazole rings is 1. The SMILES string of the molecule is Cc1csc(CNc2nc(=NC3CC3)n3nc/c(=C\c4[nH]c(=O)[nH]c4O)c3n2)c1. The van der Waals surface area contributed by atoms with Gasteiger partial charge in [0.15, 0.2) is 5.65 Å². The summed E-state index contributed by atoms with van der Waals surface area (Å²) >= 11 is 1.68. The van der Waals surface area contributed by atoms with E-state index in [0.717, 1.165) is 12.8 Å². The van der Waals surface area contributed by atoms with Crippen LogP contribution < -0.4 is 21.8 Å². The summed E-state index contributed by atoms with van der Waals surface area (Å²) in [6.45, 7) is 2.67. The number of rotatable bonds is 5. The highest BCUT2D eigenvalue weighted by atomic mass is 32.1. The highest BCUT2D eigenvalue weighted by Gasteiger charge is 2.21. The summed E-state index contributed by atoms with van der Waals surface area (Å²) in [5, 5.41) is 20.2. The average Bonchev–Trinajstić information content (AvgIpc) is 3.10. The lowest BCUT2D eigenvalue weighted by atomic mass is 10.3. The number of nitrogens with one attached hydrogen (secondary N) is 3. The first-order chi connectivity index (χ1) is 14.0. The summed E-state index contributed by atoms with van der Waals surface area (Å²) in [6.07, 6.45) is 5.30. The van der Waals surface area contributed by atoms with Gasteiger partial charge in [0.2, 0.25) is 11.8 Å². The topological polar surface area (TPSA) is 136 Å². The molecule has 1 saturated carbocycles. The normalized spacial score (nSPS) is 15.5. The lowest BCUT2D eigenvalue weighted by Crippen LogP contribution is -2.24. The van der Waals surface area contributed by atoms with E-state index < -0.39 is 5.69 Å². The van der Waals surface area contributed by atoms with Crippen molar-refractivity contribution in [3.05, 3.63) is 55.1 Å². The predicted molar refractivity (Wildman–Crippen MR) is 108 cm³/mol. The molecule has 148 valence electrons. The Morgan fingerprint density at radius 1 is 1.41 bits per heavy atom. The molecular formula is C18H18N8O2S. The van der Waals surface area contributed by atoms with Crippen LogP contribution in [-0.2, 0) is 6.54 Å². The van der Waals surface area contributed by atoms with E-state index in [9.17, 15) is 9.90 Å². The number of aromatic amines is 2. The van der Waals surface area contributed by atoms with Crippen molar-refractivity contribution >= 4 is 29.0 Å². The Morgan fingerprint density at radius 3 is 2.97 bits per heavy atom. The van der Waals surface area contributed by atoms with Crippen LogP contribution in [0, 0.1) is 6.92 Å². The van der Waals surface area contributed by atoms with Gasteiger partial charge in [-0.05, 0) is 42.9 Å². The second-order valence-corrected chi connectivity index (χ2v) is 7.97. The lowest BCUT2D eigenvalue weighted by molar-refractivity contribution is 0.454. The van der Waals surface area contributed by atoms with Crippen molar-refractivity contribution in [1.29, 1.82) is 0 Å². The molecule has 4 aromatic rings. The maximum atomic E-state index is 11.4. The van der Waals surface area contributed by atoms with E-state index in [1.807, 2.05) is 0 Å². The highest BCUT2D eigenvalue weighted by molar-refractivity contribution is 7.10. The molecule has 29 heavy (non-hydrogen) atoms. The first-order valence-electron chi connectivity index (χ1n) is 9.15. The number of H-pyrrole nitrogens is 2. The highest BCUT2D eigenvalue weighted by Crippen LogP contribution is 2.22. The van der Waals surface area contributed by atoms with E-state index in [2.05, 4.69) is 53.7 Å². The van der Waals surface area contributed by atoms with Crippen LogP contribution in [0.15, 0.2) is 27.4 Å². The number of hydrogen-bond donors (Lipinski definition) is 4. The monoisotopic (exact) mass is 410 g/mol. The van der Waals surface area contributed by atoms with E-state index >= 15 is 0 Å². The number of aromatic nitrogens is 6. The van der Waals surface area contributed by atoms with Crippen molar-refractivity contribution in [3.8, 4) is 5.88 Å². The molecule has 0 atom stereocenters. The largest absolute Gasteiger partial charge is 0.493 e.